The van der Waals surface area contributed by atoms with Crippen molar-refractivity contribution in [3.8, 4) is 11.5 Å². The van der Waals surface area contributed by atoms with Crippen molar-refractivity contribution in [2.75, 3.05) is 13.2 Å². The number of hydrogen-bond donors (Lipinski definition) is 2. The zero-order chi connectivity index (χ0) is 20.2. The fourth-order valence-electron chi connectivity index (χ4n) is 3.56. The van der Waals surface area contributed by atoms with Crippen LogP contribution < -0.4 is 14.8 Å². The number of nitrogens with one attached hydrogen (secondary N) is 2. The van der Waals surface area contributed by atoms with E-state index in [1.165, 1.54) is 0 Å². The molecule has 2 unspecified atom stereocenters. The van der Waals surface area contributed by atoms with Gasteiger partial charge in [0.2, 0.25) is 5.91 Å². The van der Waals surface area contributed by atoms with Gasteiger partial charge in [0.25, 0.3) is 0 Å². The molecule has 6 heteroatoms. The summed E-state index contributed by atoms with van der Waals surface area (Å²) < 4.78 is 11.4. The first-order valence-corrected chi connectivity index (χ1v) is 10.3. The number of H-pyrrole nitrogens is 1. The highest BCUT2D eigenvalue weighted by atomic mass is 16.5. The molecule has 1 aromatic heterocycles. The monoisotopic (exact) mass is 393 g/mol. The van der Waals surface area contributed by atoms with E-state index in [0.29, 0.717) is 19.0 Å². The zero-order valence-corrected chi connectivity index (χ0v) is 16.9. The third-order valence-corrected chi connectivity index (χ3v) is 5.41. The standard InChI is InChI=1S/C23H27N3O3/c1-3-15(2)22(23-24-17-7-4-5-8-18(17)25-23)26-21(27)14-16-9-10-19-20(13-16)29-12-6-11-28-19/h4-5,7-10,13,15,22H,3,6,11-12,14H2,1-2H3,(H,24,25)(H,26,27). The van der Waals surface area contributed by atoms with Crippen molar-refractivity contribution in [2.24, 2.45) is 5.92 Å². The summed E-state index contributed by atoms with van der Waals surface area (Å²) >= 11 is 0. The number of fused-ring (bicyclic) bond motifs is 2. The Balaban J connectivity index is 1.50. The Labute approximate surface area is 170 Å². The van der Waals surface area contributed by atoms with Crippen LogP contribution in [0.1, 0.15) is 44.1 Å². The Morgan fingerprint density at radius 3 is 2.76 bits per heavy atom. The highest BCUT2D eigenvalue weighted by molar-refractivity contribution is 5.80. The third-order valence-electron chi connectivity index (χ3n) is 5.41. The first-order valence-electron chi connectivity index (χ1n) is 10.3. The summed E-state index contributed by atoms with van der Waals surface area (Å²) in [5, 5.41) is 3.18. The van der Waals surface area contributed by atoms with E-state index in [2.05, 4.69) is 24.1 Å². The van der Waals surface area contributed by atoms with Gasteiger partial charge in [0.15, 0.2) is 11.5 Å². The molecule has 3 aromatic rings. The van der Waals surface area contributed by atoms with E-state index in [1.807, 2.05) is 42.5 Å². The first kappa shape index (κ1) is 19.3. The number of carbonyl (C=O) groups excluding carboxylic acids is 1. The van der Waals surface area contributed by atoms with E-state index in [4.69, 9.17) is 14.5 Å². The second-order valence-corrected chi connectivity index (χ2v) is 7.58. The molecule has 6 nitrogen and oxygen atoms in total. The van der Waals surface area contributed by atoms with Crippen LogP contribution in [0.2, 0.25) is 0 Å². The molecular weight excluding hydrogens is 366 g/mol. The van der Waals surface area contributed by atoms with E-state index >= 15 is 0 Å². The molecule has 0 spiro atoms. The minimum atomic E-state index is -0.166. The SMILES string of the molecule is CCC(C)C(NC(=O)Cc1ccc2c(c1)OCCCO2)c1nc2ccccc2[nH]1. The number of amides is 1. The van der Waals surface area contributed by atoms with Crippen LogP contribution in [0, 0.1) is 5.92 Å². The Morgan fingerprint density at radius 1 is 1.17 bits per heavy atom. The van der Waals surface area contributed by atoms with Gasteiger partial charge in [0, 0.05) is 6.42 Å². The van der Waals surface area contributed by atoms with Gasteiger partial charge in [0.1, 0.15) is 5.82 Å². The Bertz CT molecular complexity index is 965. The van der Waals surface area contributed by atoms with Crippen molar-refractivity contribution in [1.82, 2.24) is 15.3 Å². The smallest absolute Gasteiger partial charge is 0.225 e. The molecule has 2 atom stereocenters. The second-order valence-electron chi connectivity index (χ2n) is 7.58. The second kappa shape index (κ2) is 8.55. The molecule has 2 aromatic carbocycles. The van der Waals surface area contributed by atoms with Gasteiger partial charge in [-0.2, -0.15) is 0 Å². The minimum absolute atomic E-state index is 0.0368. The predicted octanol–water partition coefficient (Wildman–Crippen LogP) is 4.17. The lowest BCUT2D eigenvalue weighted by Crippen LogP contribution is -2.34. The number of rotatable bonds is 6. The van der Waals surface area contributed by atoms with E-state index in [9.17, 15) is 4.79 Å². The van der Waals surface area contributed by atoms with Gasteiger partial charge in [-0.1, -0.05) is 38.5 Å². The van der Waals surface area contributed by atoms with E-state index < -0.39 is 0 Å². The van der Waals surface area contributed by atoms with Crippen molar-refractivity contribution < 1.29 is 14.3 Å². The molecule has 0 radical (unpaired) electrons. The fourth-order valence-corrected chi connectivity index (χ4v) is 3.56. The average Bonchev–Trinajstić information content (AvgIpc) is 3.02. The molecule has 29 heavy (non-hydrogen) atoms. The Hall–Kier alpha value is -3.02. The van der Waals surface area contributed by atoms with Gasteiger partial charge in [-0.15, -0.1) is 0 Å². The molecule has 1 aliphatic heterocycles. The van der Waals surface area contributed by atoms with E-state index in [0.717, 1.165) is 41.0 Å². The average molecular weight is 393 g/mol. The number of carbonyl (C=O) groups is 1. The van der Waals surface area contributed by atoms with Crippen molar-refractivity contribution in [2.45, 2.75) is 39.2 Å². The van der Waals surface area contributed by atoms with Gasteiger partial charge in [0.05, 0.1) is 36.7 Å². The van der Waals surface area contributed by atoms with E-state index in [1.54, 1.807) is 0 Å². The lowest BCUT2D eigenvalue weighted by Gasteiger charge is -2.22. The van der Waals surface area contributed by atoms with Gasteiger partial charge in [-0.3, -0.25) is 4.79 Å². The van der Waals surface area contributed by atoms with Crippen LogP contribution in [0.15, 0.2) is 42.5 Å². The van der Waals surface area contributed by atoms with Crippen LogP contribution in [-0.2, 0) is 11.2 Å². The summed E-state index contributed by atoms with van der Waals surface area (Å²) in [6.45, 7) is 5.54. The molecule has 1 amide bonds. The summed E-state index contributed by atoms with van der Waals surface area (Å²) in [5.74, 6) is 2.47. The Kier molecular flexibility index (Phi) is 5.69. The van der Waals surface area contributed by atoms with Gasteiger partial charge in [-0.25, -0.2) is 4.98 Å². The number of imidazole rings is 1. The van der Waals surface area contributed by atoms with Crippen LogP contribution >= 0.6 is 0 Å². The van der Waals surface area contributed by atoms with Crippen LogP contribution in [0.3, 0.4) is 0 Å². The quantitative estimate of drug-likeness (QED) is 0.659. The summed E-state index contributed by atoms with van der Waals surface area (Å²) in [6.07, 6.45) is 2.08. The summed E-state index contributed by atoms with van der Waals surface area (Å²) in [6, 6.07) is 13.5. The maximum Gasteiger partial charge on any atom is 0.225 e. The van der Waals surface area contributed by atoms with E-state index in [-0.39, 0.29) is 24.3 Å². The molecule has 1 aliphatic rings. The number of para-hydroxylation sites is 2. The Morgan fingerprint density at radius 2 is 1.97 bits per heavy atom. The summed E-state index contributed by atoms with van der Waals surface area (Å²) in [7, 11) is 0. The maximum absolute atomic E-state index is 12.8. The minimum Gasteiger partial charge on any atom is -0.490 e. The highest BCUT2D eigenvalue weighted by Crippen LogP contribution is 2.31. The van der Waals surface area contributed by atoms with Crippen LogP contribution in [-0.4, -0.2) is 29.1 Å². The lowest BCUT2D eigenvalue weighted by atomic mass is 9.98. The highest BCUT2D eigenvalue weighted by Gasteiger charge is 2.24. The predicted molar refractivity (Wildman–Crippen MR) is 112 cm³/mol. The molecule has 152 valence electrons. The lowest BCUT2D eigenvalue weighted by molar-refractivity contribution is -0.121. The molecule has 4 rings (SSSR count). The van der Waals surface area contributed by atoms with Crippen LogP contribution in [0.25, 0.3) is 11.0 Å². The molecule has 0 bridgehead atoms. The largest absolute Gasteiger partial charge is 0.490 e. The van der Waals surface area contributed by atoms with Gasteiger partial charge >= 0.3 is 0 Å². The number of hydrogen-bond acceptors (Lipinski definition) is 4. The van der Waals surface area contributed by atoms with Gasteiger partial charge in [-0.05, 0) is 35.7 Å². The summed E-state index contributed by atoms with van der Waals surface area (Å²) in [4.78, 5) is 20.9. The van der Waals surface area contributed by atoms with Crippen LogP contribution in [0.4, 0.5) is 0 Å². The molecule has 0 saturated heterocycles. The number of aromatic nitrogens is 2. The van der Waals surface area contributed by atoms with Crippen molar-refractivity contribution >= 4 is 16.9 Å². The zero-order valence-electron chi connectivity index (χ0n) is 16.9. The molecule has 0 saturated carbocycles. The molecule has 0 aliphatic carbocycles. The van der Waals surface area contributed by atoms with Crippen molar-refractivity contribution in [3.05, 3.63) is 53.9 Å². The van der Waals surface area contributed by atoms with Crippen molar-refractivity contribution in [1.29, 1.82) is 0 Å². The fraction of sp³-hybridized carbons (Fsp3) is 0.391. The van der Waals surface area contributed by atoms with Gasteiger partial charge < -0.3 is 19.8 Å². The number of benzene rings is 2. The number of nitrogens with zero attached hydrogens (tertiary/aromatic N) is 1. The van der Waals surface area contributed by atoms with Crippen molar-refractivity contribution in [3.63, 3.8) is 0 Å². The first-order chi connectivity index (χ1) is 14.1. The number of aromatic amines is 1. The molecule has 2 heterocycles. The third kappa shape index (κ3) is 4.36. The van der Waals surface area contributed by atoms with Crippen LogP contribution in [0.5, 0.6) is 11.5 Å². The molecular formula is C23H27N3O3. The normalized spacial score (nSPS) is 15.5. The topological polar surface area (TPSA) is 76.2 Å². The summed E-state index contributed by atoms with van der Waals surface area (Å²) in [5.41, 5.74) is 2.79. The maximum atomic E-state index is 12.8. The molecule has 2 N–H and O–H groups in total. The number of ether oxygens (including phenoxy) is 2. The molecule has 0 fully saturated rings.